The molecule has 2 heterocycles. The fourth-order valence-corrected chi connectivity index (χ4v) is 4.19. The lowest BCUT2D eigenvalue weighted by Crippen LogP contribution is -2.38. The van der Waals surface area contributed by atoms with Gasteiger partial charge in [0.25, 0.3) is 5.91 Å². The average molecular weight is 447 g/mol. The molecule has 0 radical (unpaired) electrons. The lowest BCUT2D eigenvalue weighted by molar-refractivity contribution is -0.152. The van der Waals surface area contributed by atoms with Gasteiger partial charge in [0.2, 0.25) is 0 Å². The fraction of sp³-hybridized carbons (Fsp3) is 0.435. The van der Waals surface area contributed by atoms with E-state index < -0.39 is 17.7 Å². The number of ether oxygens (including phenoxy) is 1. The van der Waals surface area contributed by atoms with E-state index in [9.17, 15) is 22.8 Å². The van der Waals surface area contributed by atoms with Crippen LogP contribution in [-0.2, 0) is 33.3 Å². The Kier molecular flexibility index (Phi) is 6.34. The van der Waals surface area contributed by atoms with Gasteiger partial charge in [-0.15, -0.1) is 0 Å². The van der Waals surface area contributed by atoms with E-state index in [1.165, 1.54) is 17.2 Å². The summed E-state index contributed by atoms with van der Waals surface area (Å²) in [7, 11) is 0. The van der Waals surface area contributed by atoms with E-state index >= 15 is 0 Å². The van der Waals surface area contributed by atoms with Gasteiger partial charge >= 0.3 is 12.1 Å². The van der Waals surface area contributed by atoms with Crippen molar-refractivity contribution in [2.75, 3.05) is 29.9 Å². The summed E-state index contributed by atoms with van der Waals surface area (Å²) in [4.78, 5) is 30.2. The summed E-state index contributed by atoms with van der Waals surface area (Å²) in [5.74, 6) is -0.733. The number of carbonyl (C=O) groups is 2. The van der Waals surface area contributed by atoms with Crippen LogP contribution in [0.25, 0.3) is 0 Å². The Morgan fingerprint density at radius 3 is 2.53 bits per heavy atom. The molecule has 4 rings (SSSR count). The molecule has 2 aliphatic rings. The van der Waals surface area contributed by atoms with Crippen LogP contribution < -0.4 is 10.2 Å². The van der Waals surface area contributed by atoms with Crippen LogP contribution in [-0.4, -0.2) is 36.6 Å². The molecule has 1 N–H and O–H groups in total. The lowest BCUT2D eigenvalue weighted by atomic mass is 9.97. The van der Waals surface area contributed by atoms with Gasteiger partial charge in [0.15, 0.2) is 6.61 Å². The molecule has 2 aromatic rings. The Labute approximate surface area is 183 Å². The second kappa shape index (κ2) is 9.18. The van der Waals surface area contributed by atoms with Gasteiger partial charge < -0.3 is 15.0 Å². The number of halogens is 3. The highest BCUT2D eigenvalue weighted by Gasteiger charge is 2.32. The number of esters is 1. The van der Waals surface area contributed by atoms with Gasteiger partial charge in [0.1, 0.15) is 5.82 Å². The first-order valence-corrected chi connectivity index (χ1v) is 10.7. The molecule has 0 spiro atoms. The second-order valence-corrected chi connectivity index (χ2v) is 8.16. The van der Waals surface area contributed by atoms with Crippen LogP contribution in [0.1, 0.15) is 36.0 Å². The van der Waals surface area contributed by atoms with Crippen LogP contribution in [0.4, 0.5) is 24.7 Å². The third-order valence-electron chi connectivity index (χ3n) is 5.96. The molecule has 0 unspecified atom stereocenters. The number of aromatic nitrogens is 1. The number of hydrogen-bond donors (Lipinski definition) is 1. The van der Waals surface area contributed by atoms with Gasteiger partial charge in [0.05, 0.1) is 11.5 Å². The molecule has 6 nitrogen and oxygen atoms in total. The molecule has 1 aromatic heterocycles. The van der Waals surface area contributed by atoms with Crippen molar-refractivity contribution < 1.29 is 27.5 Å². The predicted molar refractivity (Wildman–Crippen MR) is 112 cm³/mol. The van der Waals surface area contributed by atoms with Crippen molar-refractivity contribution >= 4 is 23.4 Å². The zero-order valence-electron chi connectivity index (χ0n) is 17.5. The Morgan fingerprint density at radius 1 is 1.09 bits per heavy atom. The standard InChI is InChI=1S/C23H24F3N3O3/c24-23(25,26)18-5-7-20(27-13-18)29-10-8-16(9-11-29)22(31)32-14-21(30)28-19-6-4-15-2-1-3-17(15)12-19/h4-7,12-13,16H,1-3,8-11,14H2,(H,28,30). The first-order chi connectivity index (χ1) is 15.3. The number of anilines is 2. The third-order valence-corrected chi connectivity index (χ3v) is 5.96. The highest BCUT2D eigenvalue weighted by Crippen LogP contribution is 2.30. The van der Waals surface area contributed by atoms with E-state index in [0.717, 1.165) is 31.5 Å². The van der Waals surface area contributed by atoms with Crippen molar-refractivity contribution in [1.29, 1.82) is 0 Å². The van der Waals surface area contributed by atoms with Gasteiger partial charge in [-0.3, -0.25) is 9.59 Å². The van der Waals surface area contributed by atoms with Crippen molar-refractivity contribution in [3.63, 3.8) is 0 Å². The number of nitrogens with zero attached hydrogens (tertiary/aromatic N) is 2. The molecule has 0 atom stereocenters. The predicted octanol–water partition coefficient (Wildman–Crippen LogP) is 3.99. The zero-order chi connectivity index (χ0) is 22.7. The van der Waals surface area contributed by atoms with Crippen LogP contribution in [0.5, 0.6) is 0 Å². The number of hydrogen-bond acceptors (Lipinski definition) is 5. The second-order valence-electron chi connectivity index (χ2n) is 8.16. The molecule has 0 bridgehead atoms. The van der Waals surface area contributed by atoms with E-state index in [0.29, 0.717) is 37.4 Å². The number of benzene rings is 1. The van der Waals surface area contributed by atoms with Gasteiger partial charge in [-0.05, 0) is 67.5 Å². The van der Waals surface area contributed by atoms with Crippen molar-refractivity contribution in [3.05, 3.63) is 53.2 Å². The van der Waals surface area contributed by atoms with Gasteiger partial charge in [-0.2, -0.15) is 13.2 Å². The largest absolute Gasteiger partial charge is 0.455 e. The van der Waals surface area contributed by atoms with Crippen LogP contribution in [0.15, 0.2) is 36.5 Å². The van der Waals surface area contributed by atoms with Crippen molar-refractivity contribution in [2.24, 2.45) is 5.92 Å². The molecule has 1 amide bonds. The molecule has 1 aliphatic carbocycles. The smallest absolute Gasteiger partial charge is 0.417 e. The molecule has 170 valence electrons. The van der Waals surface area contributed by atoms with Crippen LogP contribution in [0.3, 0.4) is 0 Å². The maximum atomic E-state index is 12.7. The molecule has 9 heteroatoms. The number of alkyl halides is 3. The van der Waals surface area contributed by atoms with Gasteiger partial charge in [0, 0.05) is 25.0 Å². The van der Waals surface area contributed by atoms with Crippen molar-refractivity contribution in [2.45, 2.75) is 38.3 Å². The maximum absolute atomic E-state index is 12.7. The Bertz CT molecular complexity index is 984. The van der Waals surface area contributed by atoms with Crippen LogP contribution in [0, 0.1) is 5.92 Å². The number of nitrogens with one attached hydrogen (secondary N) is 1. The van der Waals surface area contributed by atoms with E-state index in [1.807, 2.05) is 23.1 Å². The highest BCUT2D eigenvalue weighted by atomic mass is 19.4. The monoisotopic (exact) mass is 447 g/mol. The van der Waals surface area contributed by atoms with E-state index in [-0.39, 0.29) is 18.4 Å². The summed E-state index contributed by atoms with van der Waals surface area (Å²) in [6, 6.07) is 8.18. The first-order valence-electron chi connectivity index (χ1n) is 10.7. The summed E-state index contributed by atoms with van der Waals surface area (Å²) in [6.07, 6.45) is 0.550. The van der Waals surface area contributed by atoms with E-state index in [1.54, 1.807) is 0 Å². The summed E-state index contributed by atoms with van der Waals surface area (Å²) in [5.41, 5.74) is 2.46. The Morgan fingerprint density at radius 2 is 1.84 bits per heavy atom. The number of amides is 1. The topological polar surface area (TPSA) is 71.5 Å². The van der Waals surface area contributed by atoms with E-state index in [2.05, 4.69) is 10.3 Å². The normalized spacial score (nSPS) is 16.5. The number of carbonyl (C=O) groups excluding carboxylic acids is 2. The number of piperidine rings is 1. The Hall–Kier alpha value is -3.10. The average Bonchev–Trinajstić information content (AvgIpc) is 3.25. The fourth-order valence-electron chi connectivity index (χ4n) is 4.19. The molecule has 1 fully saturated rings. The van der Waals surface area contributed by atoms with E-state index in [4.69, 9.17) is 4.74 Å². The van der Waals surface area contributed by atoms with Gasteiger partial charge in [-0.1, -0.05) is 6.07 Å². The molecule has 32 heavy (non-hydrogen) atoms. The number of aryl methyl sites for hydroxylation is 2. The molecular weight excluding hydrogens is 423 g/mol. The number of pyridine rings is 1. The highest BCUT2D eigenvalue weighted by molar-refractivity contribution is 5.93. The SMILES string of the molecule is O=C(COC(=O)C1CCN(c2ccc(C(F)(F)F)cn2)CC1)Nc1ccc2c(c1)CCC2. The minimum Gasteiger partial charge on any atom is -0.455 e. The first kappa shape index (κ1) is 22.1. The van der Waals surface area contributed by atoms with Crippen LogP contribution >= 0.6 is 0 Å². The zero-order valence-corrected chi connectivity index (χ0v) is 17.5. The molecular formula is C23H24F3N3O3. The summed E-state index contributed by atoms with van der Waals surface area (Å²) < 4.78 is 43.2. The number of fused-ring (bicyclic) bond motifs is 1. The van der Waals surface area contributed by atoms with Crippen LogP contribution in [0.2, 0.25) is 0 Å². The van der Waals surface area contributed by atoms with Crippen molar-refractivity contribution in [1.82, 2.24) is 4.98 Å². The number of rotatable bonds is 5. The van der Waals surface area contributed by atoms with Gasteiger partial charge in [-0.25, -0.2) is 4.98 Å². The Balaban J connectivity index is 1.22. The quantitative estimate of drug-likeness (QED) is 0.702. The molecule has 1 saturated heterocycles. The minimum atomic E-state index is -4.42. The summed E-state index contributed by atoms with van der Waals surface area (Å²) in [6.45, 7) is 0.593. The summed E-state index contributed by atoms with van der Waals surface area (Å²) in [5, 5.41) is 2.76. The van der Waals surface area contributed by atoms with Crippen molar-refractivity contribution in [3.8, 4) is 0 Å². The molecule has 1 aromatic carbocycles. The lowest BCUT2D eigenvalue weighted by Gasteiger charge is -2.31. The molecule has 1 aliphatic heterocycles. The molecule has 0 saturated carbocycles. The third kappa shape index (κ3) is 5.20. The minimum absolute atomic E-state index is 0.351. The summed E-state index contributed by atoms with van der Waals surface area (Å²) >= 11 is 0. The maximum Gasteiger partial charge on any atom is 0.417 e.